The molecule has 0 heterocycles. The van der Waals surface area contributed by atoms with Crippen LogP contribution < -0.4 is 0 Å². The smallest absolute Gasteiger partial charge is 0.320 e. The van der Waals surface area contributed by atoms with Crippen LogP contribution in [0, 0.1) is 5.41 Å². The largest absolute Gasteiger partial charge is 0.469 e. The molecule has 4 heteroatoms. The third kappa shape index (κ3) is 2.37. The van der Waals surface area contributed by atoms with Crippen molar-refractivity contribution in [2.24, 2.45) is 5.41 Å². The van der Waals surface area contributed by atoms with Crippen molar-refractivity contribution in [1.82, 2.24) is 0 Å². The molecule has 1 aliphatic carbocycles. The number of esters is 2. The SMILES string of the molecule is COC(=O)CC1(C(=O)OC)C=CC=C1c1ccccc1. The molecule has 0 spiro atoms. The molecule has 0 aliphatic heterocycles. The molecule has 0 radical (unpaired) electrons. The first kappa shape index (κ1) is 14.1. The fourth-order valence-corrected chi connectivity index (χ4v) is 2.40. The number of carbonyl (C=O) groups is 2. The van der Waals surface area contributed by atoms with Gasteiger partial charge in [-0.25, -0.2) is 0 Å². The maximum Gasteiger partial charge on any atom is 0.320 e. The number of allylic oxidation sites excluding steroid dienone is 2. The summed E-state index contributed by atoms with van der Waals surface area (Å²) in [6.45, 7) is 0. The van der Waals surface area contributed by atoms with Gasteiger partial charge in [-0.3, -0.25) is 9.59 Å². The van der Waals surface area contributed by atoms with Crippen LogP contribution in [-0.2, 0) is 19.1 Å². The lowest BCUT2D eigenvalue weighted by Crippen LogP contribution is -2.33. The second kappa shape index (κ2) is 5.74. The molecule has 1 aromatic carbocycles. The monoisotopic (exact) mass is 272 g/mol. The summed E-state index contributed by atoms with van der Waals surface area (Å²) >= 11 is 0. The minimum Gasteiger partial charge on any atom is -0.469 e. The minimum absolute atomic E-state index is 0.0760. The average Bonchev–Trinajstić information content (AvgIpc) is 2.91. The molecule has 0 amide bonds. The van der Waals surface area contributed by atoms with Crippen LogP contribution in [0.3, 0.4) is 0 Å². The normalized spacial score (nSPS) is 20.4. The first-order valence-electron chi connectivity index (χ1n) is 6.24. The van der Waals surface area contributed by atoms with E-state index in [0.717, 1.165) is 11.1 Å². The number of ether oxygens (including phenoxy) is 2. The number of carbonyl (C=O) groups excluding carboxylic acids is 2. The molecule has 20 heavy (non-hydrogen) atoms. The molecule has 1 atom stereocenters. The lowest BCUT2D eigenvalue weighted by molar-refractivity contribution is -0.153. The van der Waals surface area contributed by atoms with Gasteiger partial charge in [0, 0.05) is 0 Å². The molecule has 1 aliphatic rings. The number of methoxy groups -OCH3 is 2. The number of hydrogen-bond donors (Lipinski definition) is 0. The summed E-state index contributed by atoms with van der Waals surface area (Å²) in [5.74, 6) is -0.921. The van der Waals surface area contributed by atoms with Crippen LogP contribution in [0.1, 0.15) is 12.0 Å². The summed E-state index contributed by atoms with van der Waals surface area (Å²) in [6.07, 6.45) is 5.21. The van der Waals surface area contributed by atoms with Crippen molar-refractivity contribution in [2.75, 3.05) is 14.2 Å². The molecule has 0 saturated carbocycles. The first-order chi connectivity index (χ1) is 9.64. The van der Waals surface area contributed by atoms with Crippen molar-refractivity contribution >= 4 is 17.5 Å². The zero-order valence-corrected chi connectivity index (χ0v) is 11.5. The van der Waals surface area contributed by atoms with E-state index in [9.17, 15) is 9.59 Å². The fourth-order valence-electron chi connectivity index (χ4n) is 2.40. The molecular weight excluding hydrogens is 256 g/mol. The highest BCUT2D eigenvalue weighted by Gasteiger charge is 2.45. The number of benzene rings is 1. The summed E-state index contributed by atoms with van der Waals surface area (Å²) in [5, 5.41) is 0. The second-order valence-corrected chi connectivity index (χ2v) is 4.52. The van der Waals surface area contributed by atoms with Crippen LogP contribution in [0.2, 0.25) is 0 Å². The Morgan fingerprint density at radius 2 is 1.80 bits per heavy atom. The van der Waals surface area contributed by atoms with Gasteiger partial charge in [-0.15, -0.1) is 0 Å². The lowest BCUT2D eigenvalue weighted by Gasteiger charge is -2.27. The third-order valence-electron chi connectivity index (χ3n) is 3.41. The van der Waals surface area contributed by atoms with Crippen LogP contribution >= 0.6 is 0 Å². The Balaban J connectivity index is 2.46. The Morgan fingerprint density at radius 3 is 2.40 bits per heavy atom. The third-order valence-corrected chi connectivity index (χ3v) is 3.41. The van der Waals surface area contributed by atoms with Crippen LogP contribution in [0.15, 0.2) is 48.6 Å². The van der Waals surface area contributed by atoms with Crippen molar-refractivity contribution in [1.29, 1.82) is 0 Å². The summed E-state index contributed by atoms with van der Waals surface area (Å²) in [5.41, 5.74) is 0.519. The molecular formula is C16H16O4. The van der Waals surface area contributed by atoms with E-state index in [1.165, 1.54) is 14.2 Å². The average molecular weight is 272 g/mol. The van der Waals surface area contributed by atoms with Gasteiger partial charge in [-0.2, -0.15) is 0 Å². The Labute approximate surface area is 117 Å². The zero-order chi connectivity index (χ0) is 14.6. The van der Waals surface area contributed by atoms with Gasteiger partial charge in [-0.05, 0) is 11.1 Å². The van der Waals surface area contributed by atoms with E-state index < -0.39 is 17.4 Å². The van der Waals surface area contributed by atoms with E-state index in [0.29, 0.717) is 0 Å². The van der Waals surface area contributed by atoms with E-state index in [2.05, 4.69) is 0 Å². The highest BCUT2D eigenvalue weighted by Crippen LogP contribution is 2.44. The Morgan fingerprint density at radius 1 is 1.10 bits per heavy atom. The number of hydrogen-bond acceptors (Lipinski definition) is 4. The predicted octanol–water partition coefficient (Wildman–Crippen LogP) is 2.36. The molecule has 4 nitrogen and oxygen atoms in total. The molecule has 2 rings (SSSR count). The highest BCUT2D eigenvalue weighted by molar-refractivity contribution is 6.00. The van der Waals surface area contributed by atoms with Gasteiger partial charge >= 0.3 is 11.9 Å². The van der Waals surface area contributed by atoms with Crippen LogP contribution in [0.25, 0.3) is 5.57 Å². The molecule has 0 N–H and O–H groups in total. The van der Waals surface area contributed by atoms with Crippen molar-refractivity contribution in [3.8, 4) is 0 Å². The maximum atomic E-state index is 12.2. The van der Waals surface area contributed by atoms with E-state index in [1.54, 1.807) is 12.2 Å². The van der Waals surface area contributed by atoms with Gasteiger partial charge in [0.2, 0.25) is 0 Å². The van der Waals surface area contributed by atoms with Crippen molar-refractivity contribution < 1.29 is 19.1 Å². The van der Waals surface area contributed by atoms with Gasteiger partial charge in [0.05, 0.1) is 20.6 Å². The predicted molar refractivity (Wildman–Crippen MR) is 74.6 cm³/mol. The summed E-state index contributed by atoms with van der Waals surface area (Å²) in [7, 11) is 2.62. The van der Waals surface area contributed by atoms with Gasteiger partial charge in [-0.1, -0.05) is 48.6 Å². The summed E-state index contributed by atoms with van der Waals surface area (Å²) in [4.78, 5) is 23.9. The quantitative estimate of drug-likeness (QED) is 0.790. The van der Waals surface area contributed by atoms with Crippen LogP contribution in [-0.4, -0.2) is 26.2 Å². The van der Waals surface area contributed by atoms with Gasteiger partial charge < -0.3 is 9.47 Å². The zero-order valence-electron chi connectivity index (χ0n) is 11.5. The molecule has 1 unspecified atom stereocenters. The maximum absolute atomic E-state index is 12.2. The molecule has 104 valence electrons. The van der Waals surface area contributed by atoms with Gasteiger partial charge in [0.15, 0.2) is 0 Å². The van der Waals surface area contributed by atoms with E-state index in [4.69, 9.17) is 9.47 Å². The van der Waals surface area contributed by atoms with Crippen LogP contribution in [0.5, 0.6) is 0 Å². The molecule has 0 saturated heterocycles. The summed E-state index contributed by atoms with van der Waals surface area (Å²) < 4.78 is 9.60. The Bertz CT molecular complexity index is 571. The molecule has 0 fully saturated rings. The second-order valence-electron chi connectivity index (χ2n) is 4.52. The minimum atomic E-state index is -1.11. The highest BCUT2D eigenvalue weighted by atomic mass is 16.5. The van der Waals surface area contributed by atoms with E-state index >= 15 is 0 Å². The van der Waals surface area contributed by atoms with Crippen molar-refractivity contribution in [2.45, 2.75) is 6.42 Å². The van der Waals surface area contributed by atoms with Gasteiger partial charge in [0.25, 0.3) is 0 Å². The standard InChI is InChI=1S/C16H16O4/c1-19-14(17)11-16(15(18)20-2)10-6-9-13(16)12-7-4-3-5-8-12/h3-10H,11H2,1-2H3. The van der Waals surface area contributed by atoms with Crippen molar-refractivity contribution in [3.05, 3.63) is 54.1 Å². The van der Waals surface area contributed by atoms with E-state index in [-0.39, 0.29) is 6.42 Å². The van der Waals surface area contributed by atoms with Gasteiger partial charge in [0.1, 0.15) is 5.41 Å². The molecule has 0 bridgehead atoms. The topological polar surface area (TPSA) is 52.6 Å². The molecule has 1 aromatic rings. The number of rotatable bonds is 4. The lowest BCUT2D eigenvalue weighted by atomic mass is 9.76. The molecule has 0 aromatic heterocycles. The Kier molecular flexibility index (Phi) is 4.03. The first-order valence-corrected chi connectivity index (χ1v) is 6.24. The van der Waals surface area contributed by atoms with Crippen molar-refractivity contribution in [3.63, 3.8) is 0 Å². The van der Waals surface area contributed by atoms with Crippen LogP contribution in [0.4, 0.5) is 0 Å². The fraction of sp³-hybridized carbons (Fsp3) is 0.250. The summed E-state index contributed by atoms with van der Waals surface area (Å²) in [6, 6.07) is 9.46. The Hall–Kier alpha value is -2.36. The van der Waals surface area contributed by atoms with E-state index in [1.807, 2.05) is 36.4 Å².